The molecule has 1 aromatic carbocycles. The van der Waals surface area contributed by atoms with Crippen molar-refractivity contribution in [1.82, 2.24) is 0 Å². The van der Waals surface area contributed by atoms with Crippen molar-refractivity contribution in [3.8, 4) is 0 Å². The first kappa shape index (κ1) is 17.6. The Morgan fingerprint density at radius 1 is 1.26 bits per heavy atom. The average Bonchev–Trinajstić information content (AvgIpc) is 2.28. The van der Waals surface area contributed by atoms with Crippen molar-refractivity contribution in [3.05, 3.63) is 30.3 Å². The Morgan fingerprint density at radius 3 is 2.21 bits per heavy atom. The summed E-state index contributed by atoms with van der Waals surface area (Å²) < 4.78 is 29.7. The molecule has 19 heavy (non-hydrogen) atoms. The van der Waals surface area contributed by atoms with Gasteiger partial charge in [-0.1, -0.05) is 76.4 Å². The van der Waals surface area contributed by atoms with Crippen LogP contribution >= 0.6 is 58.2 Å². The summed E-state index contributed by atoms with van der Waals surface area (Å²) in [5.74, 6) is -0.189. The minimum Gasteiger partial charge on any atom is -0.289 e. The molecule has 108 valence electrons. The Kier molecular flexibility index (Phi) is 6.51. The molecule has 10 heteroatoms. The number of alkyl halides is 5. The van der Waals surface area contributed by atoms with E-state index in [1.165, 1.54) is 0 Å². The second-order valence-electron chi connectivity index (χ2n) is 3.23. The van der Waals surface area contributed by atoms with Crippen LogP contribution in [0.4, 0.5) is 10.1 Å². The number of thioether (sulfide) groups is 1. The quantitative estimate of drug-likeness (QED) is 0.442. The van der Waals surface area contributed by atoms with Crippen molar-refractivity contribution in [2.24, 2.45) is 0 Å². The van der Waals surface area contributed by atoms with Gasteiger partial charge in [0.1, 0.15) is 0 Å². The lowest BCUT2D eigenvalue weighted by atomic mass is 10.3. The van der Waals surface area contributed by atoms with Gasteiger partial charge in [-0.3, -0.25) is 8.86 Å². The summed E-state index contributed by atoms with van der Waals surface area (Å²) in [7, 11) is 0. The summed E-state index contributed by atoms with van der Waals surface area (Å²) in [4.78, 5) is 0. The van der Waals surface area contributed by atoms with E-state index >= 15 is 0 Å². The minimum atomic E-state index is -2.90. The van der Waals surface area contributed by atoms with Crippen molar-refractivity contribution in [2.75, 3.05) is 10.2 Å². The number of nitrogens with zero attached hydrogens (tertiary/aromatic N) is 1. The lowest BCUT2D eigenvalue weighted by molar-refractivity contribution is 0.401. The maximum Gasteiger partial charge on any atom is 0.299 e. The molecule has 0 radical (unpaired) electrons. The predicted octanol–water partition coefficient (Wildman–Crippen LogP) is 4.55. The lowest BCUT2D eigenvalue weighted by Crippen LogP contribution is -2.33. The first-order chi connectivity index (χ1) is 8.65. The number of halogens is 5. The third-order valence-corrected chi connectivity index (χ3v) is 6.19. The van der Waals surface area contributed by atoms with E-state index in [4.69, 9.17) is 46.4 Å². The van der Waals surface area contributed by atoms with E-state index in [0.717, 1.165) is 4.31 Å². The molecular weight excluding hydrogens is 379 g/mol. The number of hydrogen-bond donors (Lipinski definition) is 1. The molecule has 0 aliphatic rings. The van der Waals surface area contributed by atoms with Gasteiger partial charge in [0.15, 0.2) is 0 Å². The molecule has 1 rings (SSSR count). The van der Waals surface area contributed by atoms with E-state index in [1.54, 1.807) is 30.3 Å². The first-order valence-electron chi connectivity index (χ1n) is 4.67. The van der Waals surface area contributed by atoms with Gasteiger partial charge < -0.3 is 0 Å². The summed E-state index contributed by atoms with van der Waals surface area (Å²) in [5.41, 5.74) is 0.438. The van der Waals surface area contributed by atoms with Gasteiger partial charge in [-0.15, -0.1) is 0 Å². The normalized spacial score (nSPS) is 14.2. The highest BCUT2D eigenvalue weighted by atomic mass is 35.5. The summed E-state index contributed by atoms with van der Waals surface area (Å²) in [6, 6.07) is 8.30. The zero-order valence-electron chi connectivity index (χ0n) is 9.10. The molecule has 0 spiro atoms. The molecule has 0 fully saturated rings. The summed E-state index contributed by atoms with van der Waals surface area (Å²) >= 11 is 19.9. The molecule has 3 nitrogen and oxygen atoms in total. The van der Waals surface area contributed by atoms with Crippen LogP contribution in [-0.4, -0.2) is 22.9 Å². The van der Waals surface area contributed by atoms with Crippen molar-refractivity contribution in [1.29, 1.82) is 0 Å². The zero-order chi connectivity index (χ0) is 14.7. The van der Waals surface area contributed by atoms with Gasteiger partial charge in [0, 0.05) is 0 Å². The Hall–Kier alpha value is 0.570. The van der Waals surface area contributed by atoms with Crippen molar-refractivity contribution >= 4 is 75.1 Å². The van der Waals surface area contributed by atoms with Gasteiger partial charge >= 0.3 is 0 Å². The fourth-order valence-corrected chi connectivity index (χ4v) is 3.06. The van der Waals surface area contributed by atoms with Crippen LogP contribution < -0.4 is 4.31 Å². The molecule has 1 aromatic rings. The molecule has 0 heterocycles. The highest BCUT2D eigenvalue weighted by Crippen LogP contribution is 2.51. The van der Waals surface area contributed by atoms with Crippen LogP contribution in [0.2, 0.25) is 0 Å². The minimum absolute atomic E-state index is 0.189. The predicted molar refractivity (Wildman–Crippen MR) is 82.1 cm³/mol. The van der Waals surface area contributed by atoms with Gasteiger partial charge in [-0.05, 0) is 12.1 Å². The fraction of sp³-hybridized carbons (Fsp3) is 0.333. The number of rotatable bonds is 6. The van der Waals surface area contributed by atoms with E-state index in [0.29, 0.717) is 17.4 Å². The Morgan fingerprint density at radius 2 is 1.79 bits per heavy atom. The fourth-order valence-electron chi connectivity index (χ4n) is 1.03. The molecule has 0 amide bonds. The molecule has 0 bridgehead atoms. The topological polar surface area (TPSA) is 40.5 Å². The molecule has 0 saturated carbocycles. The van der Waals surface area contributed by atoms with E-state index in [-0.39, 0.29) is 5.88 Å². The second-order valence-corrected chi connectivity index (χ2v) is 8.30. The van der Waals surface area contributed by atoms with Gasteiger partial charge in [0.25, 0.3) is 15.9 Å². The third-order valence-electron chi connectivity index (χ3n) is 1.93. The van der Waals surface area contributed by atoms with Crippen LogP contribution in [-0.2, 0) is 11.3 Å². The van der Waals surface area contributed by atoms with Gasteiger partial charge in [-0.25, -0.2) is 8.60 Å². The van der Waals surface area contributed by atoms with Crippen molar-refractivity contribution in [2.45, 2.75) is 8.25 Å². The maximum atomic E-state index is 13.3. The van der Waals surface area contributed by atoms with Crippen LogP contribution in [0.25, 0.3) is 0 Å². The van der Waals surface area contributed by atoms with Gasteiger partial charge in [-0.2, -0.15) is 0 Å². The third kappa shape index (κ3) is 5.12. The molecule has 1 atom stereocenters. The monoisotopic (exact) mass is 385 g/mol. The van der Waals surface area contributed by atoms with Crippen LogP contribution in [0.1, 0.15) is 0 Å². The van der Waals surface area contributed by atoms with E-state index in [9.17, 15) is 13.2 Å². The zero-order valence-corrected chi connectivity index (χ0v) is 13.8. The standard InChI is InChI=1S/C9H8Cl4FNO2S2/c10-8(11,14)9(12,13)18-6-15(19(16)17)7-4-2-1-3-5-7/h1-5H,6H2,(H,16,17). The van der Waals surface area contributed by atoms with Crippen molar-refractivity contribution < 1.29 is 13.2 Å². The highest BCUT2D eigenvalue weighted by Gasteiger charge is 2.49. The first-order valence-corrected chi connectivity index (χ1v) is 8.23. The van der Waals surface area contributed by atoms with E-state index in [1.807, 2.05) is 0 Å². The van der Waals surface area contributed by atoms with Crippen LogP contribution in [0.5, 0.6) is 0 Å². The summed E-state index contributed by atoms with van der Waals surface area (Å²) in [6.45, 7) is 0. The van der Waals surface area contributed by atoms with Crippen molar-refractivity contribution in [3.63, 3.8) is 0 Å². The molecule has 0 aliphatic heterocycles. The molecule has 0 aliphatic carbocycles. The smallest absolute Gasteiger partial charge is 0.289 e. The number of anilines is 1. The second kappa shape index (κ2) is 7.02. The molecule has 0 saturated heterocycles. The van der Waals surface area contributed by atoms with Crippen LogP contribution in [0.3, 0.4) is 0 Å². The Balaban J connectivity index is 2.80. The maximum absolute atomic E-state index is 13.3. The van der Waals surface area contributed by atoms with Crippen LogP contribution in [0.15, 0.2) is 30.3 Å². The van der Waals surface area contributed by atoms with E-state index < -0.39 is 19.5 Å². The SMILES string of the molecule is O=S(O)N(CSC(Cl)(Cl)C(F)(Cl)Cl)c1ccccc1. The molecule has 1 unspecified atom stereocenters. The molecule has 0 aromatic heterocycles. The van der Waals surface area contributed by atoms with E-state index in [2.05, 4.69) is 0 Å². The molecule has 1 N–H and O–H groups in total. The number of para-hydroxylation sites is 1. The average molecular weight is 387 g/mol. The largest absolute Gasteiger partial charge is 0.299 e. The Labute approximate surface area is 136 Å². The number of benzene rings is 1. The van der Waals surface area contributed by atoms with Gasteiger partial charge in [0.05, 0.1) is 11.6 Å². The van der Waals surface area contributed by atoms with Gasteiger partial charge in [0.2, 0.25) is 3.67 Å². The van der Waals surface area contributed by atoms with Crippen LogP contribution in [0, 0.1) is 0 Å². The highest BCUT2D eigenvalue weighted by molar-refractivity contribution is 8.04. The number of hydrogen-bond acceptors (Lipinski definition) is 2. The molecular formula is C9H8Cl4FNO2S2. The summed E-state index contributed by atoms with van der Waals surface area (Å²) in [5, 5.41) is 0. The Bertz CT molecular complexity index is 444. The lowest BCUT2D eigenvalue weighted by Gasteiger charge is -2.28. The summed E-state index contributed by atoms with van der Waals surface area (Å²) in [6.07, 6.45) is 0.